The monoisotopic (exact) mass is 1770 g/mol. The summed E-state index contributed by atoms with van der Waals surface area (Å²) in [4.78, 5) is 0. The molecule has 0 aliphatic rings. The van der Waals surface area contributed by atoms with Crippen molar-refractivity contribution in [1.29, 1.82) is 0 Å². The van der Waals surface area contributed by atoms with Crippen LogP contribution in [0.1, 0.15) is 306 Å². The summed E-state index contributed by atoms with van der Waals surface area (Å²) >= 11 is 2.47. The van der Waals surface area contributed by atoms with Crippen molar-refractivity contribution in [3.63, 3.8) is 0 Å². The van der Waals surface area contributed by atoms with Gasteiger partial charge >= 0.3 is 0 Å². The lowest BCUT2D eigenvalue weighted by molar-refractivity contribution is 0.838. The van der Waals surface area contributed by atoms with Gasteiger partial charge in [0.2, 0.25) is 0 Å². The molecule has 0 N–H and O–H groups in total. The Morgan fingerprint density at radius 1 is 0.246 bits per heavy atom. The molecular formula is C118H139ISi3. The molecule has 0 nitrogen and oxygen atoms in total. The van der Waals surface area contributed by atoms with Crippen molar-refractivity contribution in [2.24, 2.45) is 0 Å². The predicted molar refractivity (Wildman–Crippen MR) is 558 cm³/mol. The average molecular weight is 1770 g/mol. The topological polar surface area (TPSA) is 0 Å². The SMILES string of the molecule is C.C#Cc1c2ccccc2c(C#C)c2ccccc12.CCC/C(C#Cc1ccc(C#C[Si](C(C)C)(C(C)C)C(C)C)cc1)=C(\C#Cc1c2ccccc2c(C#C/C(CCC)=C(/C#Cc2ccc(C#C[Si](C(C)C)(C(C)C)C(C)C)cc2)CCC)c2ccccc12)CCC.CCC/C(I)=C(\C#Cc1ccc(C#C[Si](C(C)C)(C(C)C)C(C)C)cc1)CCC. The molecule has 0 unspecified atom stereocenters. The van der Waals surface area contributed by atoms with E-state index in [4.69, 9.17) is 12.8 Å². The van der Waals surface area contributed by atoms with E-state index in [1.54, 1.807) is 0 Å². The van der Waals surface area contributed by atoms with Gasteiger partial charge in [0.15, 0.2) is 0 Å². The third-order valence-corrected chi connectivity index (χ3v) is 44.5. The van der Waals surface area contributed by atoms with Crippen LogP contribution in [0.4, 0.5) is 0 Å². The second-order valence-corrected chi connectivity index (χ2v) is 53.2. The second kappa shape index (κ2) is 49.5. The largest absolute Gasteiger partial charge is 0.146 e. The summed E-state index contributed by atoms with van der Waals surface area (Å²) in [5.41, 5.74) is 33.2. The molecule has 4 heteroatoms. The molecule has 0 heterocycles. The van der Waals surface area contributed by atoms with E-state index in [0.717, 1.165) is 192 Å². The van der Waals surface area contributed by atoms with Gasteiger partial charge in [-0.1, -0.05) is 398 Å². The maximum atomic E-state index is 5.67. The maximum absolute atomic E-state index is 5.67. The summed E-state index contributed by atoms with van der Waals surface area (Å²) in [5, 5.41) is 8.67. The van der Waals surface area contributed by atoms with Gasteiger partial charge in [-0.15, -0.1) is 29.5 Å². The number of halogens is 1. The van der Waals surface area contributed by atoms with E-state index in [-0.39, 0.29) is 7.43 Å². The molecule has 9 rings (SSSR count). The molecule has 0 fully saturated rings. The normalized spacial score (nSPS) is 11.8. The summed E-state index contributed by atoms with van der Waals surface area (Å²) in [6, 6.07) is 59.0. The molecule has 0 saturated heterocycles. The standard InChI is InChI=1S/C72H86Si2.C27H39ISi.C18H10.CH4/c1-17-25-63(43-41-59-33-37-61(38-34-59)49-51-73(53(5)6,54(7)8)55(9)10)65(27-19-3)45-47-71-67-29-21-23-31-69(67)72(70-32-24-22-30-68(70)71)48-46-66(28-20-4)64(26-18-2)44-42-60-35-39-62(40-36-60)50-52-74(56(11)12,57(13)14)58(15)16;1-9-11-26(27(28)12-10-2)18-17-24-13-15-25(16-14-24)19-20-29(21(3)4,22(5)6)23(7)8;1-3-13-15-9-5-7-11-17(15)14(4-2)18-12-8-6-10-16(13)18;/h21-24,29-40,53-58H,17-20,25-28H2,1-16H3;13-16,21-23H,9-12H2,1-8H3;1-2,5-12H;1H4/b65-63+,66-64+;27-26+;;. The number of allylic oxidation sites excluding steroid dienone is 6. The molecule has 0 radical (unpaired) electrons. The van der Waals surface area contributed by atoms with Crippen molar-refractivity contribution in [2.45, 2.75) is 301 Å². The number of terminal acetylenes is 2. The van der Waals surface area contributed by atoms with Crippen LogP contribution >= 0.6 is 22.6 Å². The molecule has 9 aromatic rings. The van der Waals surface area contributed by atoms with Gasteiger partial charge < -0.3 is 0 Å². The molecule has 630 valence electrons. The van der Waals surface area contributed by atoms with Crippen LogP contribution in [-0.4, -0.2) is 24.2 Å². The van der Waals surface area contributed by atoms with Gasteiger partial charge in [0.25, 0.3) is 0 Å². The summed E-state index contributed by atoms with van der Waals surface area (Å²) in [6.45, 7) is 56.0. The van der Waals surface area contributed by atoms with Gasteiger partial charge in [-0.05, 0) is 227 Å². The lowest BCUT2D eigenvalue weighted by Gasteiger charge is -2.38. The second-order valence-electron chi connectivity index (χ2n) is 35.2. The van der Waals surface area contributed by atoms with Gasteiger partial charge in [-0.3, -0.25) is 0 Å². The van der Waals surface area contributed by atoms with E-state index in [2.05, 4.69) is 416 Å². The third-order valence-electron chi connectivity index (χ3n) is 24.4. The maximum Gasteiger partial charge on any atom is 0.146 e. The van der Waals surface area contributed by atoms with Gasteiger partial charge in [-0.2, -0.15) is 0 Å². The summed E-state index contributed by atoms with van der Waals surface area (Å²) in [5.74, 6) is 52.4. The smallest absolute Gasteiger partial charge is 0.125 e. The molecule has 0 amide bonds. The van der Waals surface area contributed by atoms with Crippen molar-refractivity contribution < 1.29 is 0 Å². The highest BCUT2D eigenvalue weighted by molar-refractivity contribution is 14.1. The van der Waals surface area contributed by atoms with Crippen LogP contribution in [0, 0.1) is 118 Å². The van der Waals surface area contributed by atoms with Crippen LogP contribution in [-0.2, 0) is 0 Å². The van der Waals surface area contributed by atoms with Gasteiger partial charge in [0.1, 0.15) is 24.2 Å². The number of benzene rings is 9. The highest BCUT2D eigenvalue weighted by Crippen LogP contribution is 2.44. The molecule has 0 atom stereocenters. The lowest BCUT2D eigenvalue weighted by Crippen LogP contribution is -2.43. The van der Waals surface area contributed by atoms with E-state index in [9.17, 15) is 0 Å². The average Bonchev–Trinajstić information content (AvgIpc) is 0.719. The lowest BCUT2D eigenvalue weighted by atomic mass is 9.91. The van der Waals surface area contributed by atoms with Crippen LogP contribution in [0.3, 0.4) is 0 Å². The number of rotatable bonds is 21. The van der Waals surface area contributed by atoms with E-state index in [0.29, 0.717) is 49.9 Å². The first kappa shape index (κ1) is 101. The fourth-order valence-electron chi connectivity index (χ4n) is 18.3. The molecule has 122 heavy (non-hydrogen) atoms. The van der Waals surface area contributed by atoms with Gasteiger partial charge in [0.05, 0.1) is 0 Å². The minimum Gasteiger partial charge on any atom is -0.125 e. The quantitative estimate of drug-likeness (QED) is 0.0291. The van der Waals surface area contributed by atoms with Crippen LogP contribution in [0.5, 0.6) is 0 Å². The van der Waals surface area contributed by atoms with Crippen LogP contribution in [0.15, 0.2) is 201 Å². The zero-order valence-electron chi connectivity index (χ0n) is 77.9. The minimum absolute atomic E-state index is 0. The number of hydrogen-bond acceptors (Lipinski definition) is 0. The van der Waals surface area contributed by atoms with Crippen molar-refractivity contribution in [1.82, 2.24) is 0 Å². The molecular weight excluding hydrogens is 1630 g/mol. The summed E-state index contributed by atoms with van der Waals surface area (Å²) in [6.07, 6.45) is 23.4. The molecule has 0 aliphatic heterocycles. The Kier molecular flexibility index (Phi) is 41.0. The number of hydrogen-bond donors (Lipinski definition) is 0. The van der Waals surface area contributed by atoms with Crippen LogP contribution < -0.4 is 0 Å². The molecule has 0 bridgehead atoms. The Balaban J connectivity index is 0.000000386. The predicted octanol–water partition coefficient (Wildman–Crippen LogP) is 33.2. The van der Waals surface area contributed by atoms with E-state index in [1.165, 1.54) is 15.6 Å². The first-order valence-corrected chi connectivity index (χ1v) is 52.9. The zero-order valence-corrected chi connectivity index (χ0v) is 83.0. The van der Waals surface area contributed by atoms with E-state index in [1.807, 2.05) is 48.5 Å². The van der Waals surface area contributed by atoms with Crippen LogP contribution in [0.2, 0.25) is 49.9 Å². The van der Waals surface area contributed by atoms with Crippen LogP contribution in [0.25, 0.3) is 43.1 Å². The Morgan fingerprint density at radius 3 is 0.607 bits per heavy atom. The highest BCUT2D eigenvalue weighted by Gasteiger charge is 2.44. The molecule has 0 spiro atoms. The van der Waals surface area contributed by atoms with Gasteiger partial charge in [0, 0.05) is 87.1 Å². The Bertz CT molecular complexity index is 5330. The minimum atomic E-state index is -1.81. The highest BCUT2D eigenvalue weighted by atomic mass is 127. The molecule has 0 aromatic heterocycles. The number of fused-ring (bicyclic) bond motifs is 4. The van der Waals surface area contributed by atoms with Crippen molar-refractivity contribution in [3.8, 4) is 118 Å². The van der Waals surface area contributed by atoms with Crippen molar-refractivity contribution in [2.75, 3.05) is 0 Å². The van der Waals surface area contributed by atoms with Gasteiger partial charge in [-0.25, -0.2) is 0 Å². The Hall–Kier alpha value is -9.78. The van der Waals surface area contributed by atoms with Crippen molar-refractivity contribution >= 4 is 89.9 Å². The summed E-state index contributed by atoms with van der Waals surface area (Å²) in [7, 11) is -5.31. The third kappa shape index (κ3) is 25.5. The van der Waals surface area contributed by atoms with Crippen molar-refractivity contribution in [3.05, 3.63) is 257 Å². The summed E-state index contributed by atoms with van der Waals surface area (Å²) < 4.78 is 1.42. The first-order valence-electron chi connectivity index (χ1n) is 45.1. The molecule has 9 aromatic carbocycles. The fraction of sp³-hybridized carbons (Fsp3) is 0.390. The molecule has 0 saturated carbocycles. The molecule has 0 aliphatic carbocycles. The van der Waals surface area contributed by atoms with E-state index >= 15 is 0 Å². The van der Waals surface area contributed by atoms with E-state index < -0.39 is 24.2 Å². The Labute approximate surface area is 759 Å². The first-order chi connectivity index (χ1) is 58.0. The zero-order chi connectivity index (χ0) is 88.6. The Morgan fingerprint density at radius 2 is 0.418 bits per heavy atom. The fourth-order valence-corrected chi connectivity index (χ4v) is 35.0.